The van der Waals surface area contributed by atoms with E-state index < -0.39 is 0 Å². The molecule has 4 fully saturated rings. The molecule has 8 rings (SSSR count). The van der Waals surface area contributed by atoms with Gasteiger partial charge in [-0.3, -0.25) is 24.1 Å². The minimum Gasteiger partial charge on any atom is -0.484 e. The number of anilines is 1. The number of halogens is 1. The van der Waals surface area contributed by atoms with E-state index >= 15 is 0 Å². The summed E-state index contributed by atoms with van der Waals surface area (Å²) < 4.78 is 12.2. The smallest absolute Gasteiger partial charge is 0.305 e. The molecule has 0 spiro atoms. The van der Waals surface area contributed by atoms with Gasteiger partial charge in [-0.1, -0.05) is 39.4 Å². The standard InChI is InChI=1S/C31H28BrN3O6S2/c32-16-4-6-17(7-5-16)35-29(37)24-19-13-20(25(24)30(35)38)26-23(19)22(27-28(42-26)33-31(39)43-27)15-2-1-3-18(12-15)41-14-21(36)34-8-10-40-11-9-34/h1-7,12,19-20,22-26H,8-11,13-14H2,(H,33,39)/t19-,20-,22+,23-,24+,25+,26-/m1/s1. The topological polar surface area (TPSA) is 109 Å². The fraction of sp³-hybridized carbons (Fsp3) is 0.419. The van der Waals surface area contributed by atoms with E-state index in [1.54, 1.807) is 16.7 Å². The predicted octanol–water partition coefficient (Wildman–Crippen LogP) is 4.11. The Morgan fingerprint density at radius 1 is 1.02 bits per heavy atom. The number of ether oxygens (including phenoxy) is 2. The maximum absolute atomic E-state index is 13.9. The Hall–Kier alpha value is -2.93. The highest BCUT2D eigenvalue weighted by atomic mass is 79.9. The molecule has 0 unspecified atom stereocenters. The van der Waals surface area contributed by atoms with Gasteiger partial charge in [-0.25, -0.2) is 0 Å². The normalized spacial score (nSPS) is 30.8. The Bertz CT molecular complexity index is 1680. The number of amides is 3. The Balaban J connectivity index is 1.11. The number of thioether (sulfide) groups is 1. The first kappa shape index (κ1) is 27.6. The Morgan fingerprint density at radius 2 is 1.77 bits per heavy atom. The summed E-state index contributed by atoms with van der Waals surface area (Å²) in [5.41, 5.74) is 1.60. The molecule has 1 aromatic heterocycles. The molecular weight excluding hydrogens is 654 g/mol. The Labute approximate surface area is 264 Å². The van der Waals surface area contributed by atoms with Crippen molar-refractivity contribution in [3.63, 3.8) is 0 Å². The molecule has 12 heteroatoms. The number of morpholine rings is 1. The quantitative estimate of drug-likeness (QED) is 0.404. The summed E-state index contributed by atoms with van der Waals surface area (Å²) >= 11 is 6.34. The fourth-order valence-electron chi connectivity index (χ4n) is 8.08. The lowest BCUT2D eigenvalue weighted by Gasteiger charge is -2.43. The number of H-pyrrole nitrogens is 1. The van der Waals surface area contributed by atoms with Crippen molar-refractivity contribution in [1.82, 2.24) is 9.88 Å². The van der Waals surface area contributed by atoms with E-state index in [-0.39, 0.29) is 70.0 Å². The van der Waals surface area contributed by atoms with Gasteiger partial charge in [0.15, 0.2) is 6.61 Å². The third-order valence-electron chi connectivity index (χ3n) is 9.75. The first-order chi connectivity index (χ1) is 20.9. The van der Waals surface area contributed by atoms with E-state index in [1.165, 1.54) is 16.2 Å². The molecule has 2 saturated carbocycles. The number of aromatic nitrogens is 1. The van der Waals surface area contributed by atoms with Crippen molar-refractivity contribution in [3.8, 4) is 5.75 Å². The van der Waals surface area contributed by atoms with Crippen LogP contribution in [0.15, 0.2) is 62.8 Å². The monoisotopic (exact) mass is 681 g/mol. The van der Waals surface area contributed by atoms with Crippen molar-refractivity contribution in [2.75, 3.05) is 37.8 Å². The van der Waals surface area contributed by atoms with E-state index in [0.717, 1.165) is 26.4 Å². The van der Waals surface area contributed by atoms with Gasteiger partial charge in [0.25, 0.3) is 5.91 Å². The van der Waals surface area contributed by atoms with Crippen molar-refractivity contribution < 1.29 is 23.9 Å². The van der Waals surface area contributed by atoms with Gasteiger partial charge in [0.2, 0.25) is 11.8 Å². The highest BCUT2D eigenvalue weighted by Crippen LogP contribution is 2.68. The van der Waals surface area contributed by atoms with E-state index in [2.05, 4.69) is 20.9 Å². The number of imide groups is 1. The number of fused-ring (bicyclic) bond motifs is 9. The second-order valence-electron chi connectivity index (χ2n) is 11.8. The van der Waals surface area contributed by atoms with Crippen LogP contribution in [-0.2, 0) is 19.1 Å². The van der Waals surface area contributed by atoms with Crippen LogP contribution in [0, 0.1) is 29.6 Å². The summed E-state index contributed by atoms with van der Waals surface area (Å²) in [5.74, 6) is -0.383. The maximum Gasteiger partial charge on any atom is 0.305 e. The van der Waals surface area contributed by atoms with Crippen LogP contribution in [-0.4, -0.2) is 65.8 Å². The molecule has 222 valence electrons. The average molecular weight is 683 g/mol. The second-order valence-corrected chi connectivity index (χ2v) is 14.9. The van der Waals surface area contributed by atoms with Gasteiger partial charge >= 0.3 is 4.87 Å². The van der Waals surface area contributed by atoms with Crippen LogP contribution in [0.4, 0.5) is 5.69 Å². The van der Waals surface area contributed by atoms with E-state index in [0.29, 0.717) is 37.7 Å². The van der Waals surface area contributed by atoms with Gasteiger partial charge in [-0.05, 0) is 66.1 Å². The van der Waals surface area contributed by atoms with E-state index in [4.69, 9.17) is 9.47 Å². The van der Waals surface area contributed by atoms with Crippen molar-refractivity contribution in [2.45, 2.75) is 22.6 Å². The number of nitrogens with one attached hydrogen (secondary N) is 1. The fourth-order valence-corrected chi connectivity index (χ4v) is 11.2. The summed E-state index contributed by atoms with van der Waals surface area (Å²) in [7, 11) is 0. The summed E-state index contributed by atoms with van der Waals surface area (Å²) in [5, 5.41) is 0.962. The number of aromatic amines is 1. The van der Waals surface area contributed by atoms with Crippen molar-refractivity contribution in [3.05, 3.63) is 73.1 Å². The van der Waals surface area contributed by atoms with Crippen molar-refractivity contribution >= 4 is 62.4 Å². The lowest BCUT2D eigenvalue weighted by atomic mass is 9.68. The zero-order valence-corrected chi connectivity index (χ0v) is 26.2. The second kappa shape index (κ2) is 10.6. The first-order valence-electron chi connectivity index (χ1n) is 14.5. The average Bonchev–Trinajstić information content (AvgIpc) is 3.76. The molecule has 4 heterocycles. The molecule has 2 aliphatic carbocycles. The highest BCUT2D eigenvalue weighted by Gasteiger charge is 2.69. The molecule has 5 aliphatic rings. The zero-order valence-electron chi connectivity index (χ0n) is 22.9. The minimum absolute atomic E-state index is 0.0206. The van der Waals surface area contributed by atoms with Gasteiger partial charge < -0.3 is 19.4 Å². The lowest BCUT2D eigenvalue weighted by Crippen LogP contribution is -2.43. The summed E-state index contributed by atoms with van der Waals surface area (Å²) in [6, 6.07) is 15.1. The molecule has 1 N–H and O–H groups in total. The molecule has 2 saturated heterocycles. The molecule has 7 atom stereocenters. The number of hydrogen-bond donors (Lipinski definition) is 1. The van der Waals surface area contributed by atoms with Gasteiger partial charge in [0, 0.05) is 33.6 Å². The molecule has 3 amide bonds. The molecule has 0 radical (unpaired) electrons. The van der Waals surface area contributed by atoms with E-state index in [9.17, 15) is 19.2 Å². The summed E-state index contributed by atoms with van der Waals surface area (Å²) in [6.07, 6.45) is 0.823. The van der Waals surface area contributed by atoms with Gasteiger partial charge in [0.1, 0.15) is 5.75 Å². The van der Waals surface area contributed by atoms with Crippen LogP contribution in [0.25, 0.3) is 0 Å². The number of hydrogen-bond acceptors (Lipinski definition) is 8. The third-order valence-corrected chi connectivity index (χ3v) is 12.9. The van der Waals surface area contributed by atoms with Gasteiger partial charge in [-0.2, -0.15) is 0 Å². The van der Waals surface area contributed by atoms with Crippen molar-refractivity contribution in [1.29, 1.82) is 0 Å². The number of carbonyl (C=O) groups is 3. The minimum atomic E-state index is -0.367. The highest BCUT2D eigenvalue weighted by molar-refractivity contribution is 9.10. The van der Waals surface area contributed by atoms with Crippen LogP contribution in [0.5, 0.6) is 5.75 Å². The third kappa shape index (κ3) is 4.43. The molecule has 3 aliphatic heterocycles. The van der Waals surface area contributed by atoms with Crippen LogP contribution in [0.1, 0.15) is 22.8 Å². The van der Waals surface area contributed by atoms with Gasteiger partial charge in [0.05, 0.1) is 35.8 Å². The summed E-state index contributed by atoms with van der Waals surface area (Å²) in [4.78, 5) is 60.1. The number of thiazole rings is 1. The largest absolute Gasteiger partial charge is 0.484 e. The van der Waals surface area contributed by atoms with Crippen molar-refractivity contribution in [2.24, 2.45) is 29.6 Å². The van der Waals surface area contributed by atoms with Crippen LogP contribution in [0.3, 0.4) is 0 Å². The molecule has 3 aromatic rings. The predicted molar refractivity (Wildman–Crippen MR) is 164 cm³/mol. The lowest BCUT2D eigenvalue weighted by molar-refractivity contribution is -0.137. The molecule has 2 aromatic carbocycles. The SMILES string of the molecule is O=C(COc1cccc([C@@H]2c3sc(=O)[nH]c3S[C@@H]3[C@@H]4C[C@@H]([C@@H]5C(=O)N(c6ccc(Br)cc6)C(=O)[C@@H]45)[C@H]23)c1)N1CCOCC1. The number of carbonyl (C=O) groups excluding carboxylic acids is 3. The van der Waals surface area contributed by atoms with Crippen LogP contribution >= 0.6 is 39.0 Å². The molecule has 43 heavy (non-hydrogen) atoms. The maximum atomic E-state index is 13.9. The first-order valence-corrected chi connectivity index (χ1v) is 17.0. The van der Waals surface area contributed by atoms with E-state index in [1.807, 2.05) is 48.5 Å². The zero-order chi connectivity index (χ0) is 29.4. The van der Waals surface area contributed by atoms with Crippen LogP contribution in [0.2, 0.25) is 0 Å². The molecule has 2 bridgehead atoms. The molecular formula is C31H28BrN3O6S2. The number of nitrogens with zero attached hydrogens (tertiary/aromatic N) is 2. The number of rotatable bonds is 5. The molecule has 9 nitrogen and oxygen atoms in total. The Kier molecular flexibility index (Phi) is 6.81. The Morgan fingerprint density at radius 3 is 2.53 bits per heavy atom. The van der Waals surface area contributed by atoms with Crippen LogP contribution < -0.4 is 14.5 Å². The number of benzene rings is 2. The van der Waals surface area contributed by atoms with Gasteiger partial charge in [-0.15, -0.1) is 11.8 Å². The summed E-state index contributed by atoms with van der Waals surface area (Å²) in [6.45, 7) is 2.13.